The number of hydrogen-bond acceptors (Lipinski definition) is 4. The van der Waals surface area contributed by atoms with Crippen LogP contribution in [0.2, 0.25) is 0 Å². The smallest absolute Gasteiger partial charge is 0.234 e. The van der Waals surface area contributed by atoms with E-state index in [-0.39, 0.29) is 5.41 Å². The lowest BCUT2D eigenvalue weighted by atomic mass is 9.89. The molecule has 0 saturated carbocycles. The minimum absolute atomic E-state index is 0.179. The average molecular weight is 191 g/mol. The van der Waals surface area contributed by atoms with Gasteiger partial charge in [-0.2, -0.15) is 5.26 Å². The van der Waals surface area contributed by atoms with Crippen LogP contribution in [0.15, 0.2) is 6.33 Å². The van der Waals surface area contributed by atoms with E-state index in [1.807, 2.05) is 20.8 Å². The molecule has 0 spiro atoms. The van der Waals surface area contributed by atoms with E-state index in [9.17, 15) is 0 Å². The molecule has 14 heavy (non-hydrogen) atoms. The first-order valence-electron chi connectivity index (χ1n) is 4.30. The van der Waals surface area contributed by atoms with Crippen molar-refractivity contribution in [2.24, 2.45) is 0 Å². The zero-order valence-electron chi connectivity index (χ0n) is 8.83. The molecule has 0 aliphatic heterocycles. The van der Waals surface area contributed by atoms with Gasteiger partial charge in [-0.25, -0.2) is 9.97 Å². The molecule has 4 nitrogen and oxygen atoms in total. The summed E-state index contributed by atoms with van der Waals surface area (Å²) in [4.78, 5) is 8.00. The third-order valence-electron chi connectivity index (χ3n) is 1.83. The number of rotatable bonds is 1. The van der Waals surface area contributed by atoms with E-state index in [2.05, 4.69) is 16.0 Å². The summed E-state index contributed by atoms with van der Waals surface area (Å²) in [6.07, 6.45) is 1.42. The van der Waals surface area contributed by atoms with Crippen LogP contribution in [0.3, 0.4) is 0 Å². The van der Waals surface area contributed by atoms with Crippen molar-refractivity contribution in [2.75, 3.05) is 7.11 Å². The summed E-state index contributed by atoms with van der Waals surface area (Å²) < 4.78 is 5.00. The number of hydrogen-bond donors (Lipinski definition) is 0. The monoisotopic (exact) mass is 191 g/mol. The van der Waals surface area contributed by atoms with Gasteiger partial charge in [-0.15, -0.1) is 0 Å². The Morgan fingerprint density at radius 3 is 2.43 bits per heavy atom. The SMILES string of the molecule is COc1ncnc(C(C)(C)C)c1C#N. The molecule has 0 aliphatic carbocycles. The highest BCUT2D eigenvalue weighted by Gasteiger charge is 2.22. The standard InChI is InChI=1S/C10H13N3O/c1-10(2,3)8-7(5-11)9(14-4)13-6-12-8/h6H,1-4H3. The molecule has 1 rings (SSSR count). The Kier molecular flexibility index (Phi) is 2.70. The minimum Gasteiger partial charge on any atom is -0.480 e. The Morgan fingerprint density at radius 2 is 2.00 bits per heavy atom. The predicted octanol–water partition coefficient (Wildman–Crippen LogP) is 1.65. The lowest BCUT2D eigenvalue weighted by Crippen LogP contribution is -2.16. The van der Waals surface area contributed by atoms with Gasteiger partial charge in [0.15, 0.2) is 0 Å². The Labute approximate surface area is 83.6 Å². The molecule has 0 N–H and O–H groups in total. The molecule has 0 unspecified atom stereocenters. The van der Waals surface area contributed by atoms with Gasteiger partial charge in [-0.1, -0.05) is 20.8 Å². The molecule has 0 amide bonds. The molecule has 1 heterocycles. The topological polar surface area (TPSA) is 58.8 Å². The van der Waals surface area contributed by atoms with Crippen LogP contribution >= 0.6 is 0 Å². The van der Waals surface area contributed by atoms with Gasteiger partial charge in [-0.05, 0) is 0 Å². The van der Waals surface area contributed by atoms with Crippen LogP contribution in [0.25, 0.3) is 0 Å². The summed E-state index contributed by atoms with van der Waals surface area (Å²) in [6.45, 7) is 5.99. The lowest BCUT2D eigenvalue weighted by Gasteiger charge is -2.19. The third kappa shape index (κ3) is 1.82. The largest absolute Gasteiger partial charge is 0.480 e. The van der Waals surface area contributed by atoms with Crippen molar-refractivity contribution >= 4 is 0 Å². The fourth-order valence-electron chi connectivity index (χ4n) is 1.19. The normalized spacial score (nSPS) is 10.8. The number of ether oxygens (including phenoxy) is 1. The predicted molar refractivity (Wildman–Crippen MR) is 52.0 cm³/mol. The van der Waals surface area contributed by atoms with Gasteiger partial charge in [0.05, 0.1) is 12.8 Å². The number of methoxy groups -OCH3 is 1. The molecule has 1 aromatic heterocycles. The fraction of sp³-hybridized carbons (Fsp3) is 0.500. The molecule has 0 atom stereocenters. The minimum atomic E-state index is -0.179. The molecule has 0 fully saturated rings. The van der Waals surface area contributed by atoms with Crippen molar-refractivity contribution in [3.05, 3.63) is 17.6 Å². The van der Waals surface area contributed by atoms with E-state index < -0.39 is 0 Å². The van der Waals surface area contributed by atoms with Crippen LogP contribution in [0, 0.1) is 11.3 Å². The van der Waals surface area contributed by atoms with Gasteiger partial charge < -0.3 is 4.74 Å². The molecule has 0 bridgehead atoms. The summed E-state index contributed by atoms with van der Waals surface area (Å²) >= 11 is 0. The van der Waals surface area contributed by atoms with Crippen molar-refractivity contribution in [1.82, 2.24) is 9.97 Å². The van der Waals surface area contributed by atoms with Gasteiger partial charge in [-0.3, -0.25) is 0 Å². The lowest BCUT2D eigenvalue weighted by molar-refractivity contribution is 0.391. The molecule has 0 aromatic carbocycles. The first kappa shape index (κ1) is 10.5. The maximum atomic E-state index is 8.98. The van der Waals surface area contributed by atoms with Gasteiger partial charge >= 0.3 is 0 Å². The van der Waals surface area contributed by atoms with Crippen LogP contribution < -0.4 is 4.74 Å². The molecule has 1 aromatic rings. The second-order valence-electron chi connectivity index (χ2n) is 3.97. The van der Waals surface area contributed by atoms with Crippen molar-refractivity contribution < 1.29 is 4.74 Å². The van der Waals surface area contributed by atoms with Crippen molar-refractivity contribution in [2.45, 2.75) is 26.2 Å². The Morgan fingerprint density at radius 1 is 1.36 bits per heavy atom. The van der Waals surface area contributed by atoms with E-state index in [0.29, 0.717) is 17.1 Å². The van der Waals surface area contributed by atoms with Gasteiger partial charge in [0.1, 0.15) is 18.0 Å². The molecular weight excluding hydrogens is 178 g/mol. The zero-order valence-corrected chi connectivity index (χ0v) is 8.83. The number of nitrogens with zero attached hydrogens (tertiary/aromatic N) is 3. The van der Waals surface area contributed by atoms with Crippen LogP contribution in [-0.2, 0) is 5.41 Å². The fourth-order valence-corrected chi connectivity index (χ4v) is 1.19. The van der Waals surface area contributed by atoms with Crippen molar-refractivity contribution in [3.63, 3.8) is 0 Å². The average Bonchev–Trinajstić information content (AvgIpc) is 2.15. The van der Waals surface area contributed by atoms with Gasteiger partial charge in [0, 0.05) is 5.41 Å². The first-order chi connectivity index (χ1) is 6.50. The summed E-state index contributed by atoms with van der Waals surface area (Å²) in [5.74, 6) is 0.340. The van der Waals surface area contributed by atoms with Crippen LogP contribution in [0.5, 0.6) is 5.88 Å². The molecule has 0 aliphatic rings. The number of nitriles is 1. The maximum absolute atomic E-state index is 8.98. The van der Waals surface area contributed by atoms with Crippen LogP contribution in [-0.4, -0.2) is 17.1 Å². The molecule has 0 saturated heterocycles. The highest BCUT2D eigenvalue weighted by molar-refractivity contribution is 5.43. The zero-order chi connectivity index (χ0) is 10.8. The summed E-state index contributed by atoms with van der Waals surface area (Å²) in [7, 11) is 1.50. The quantitative estimate of drug-likeness (QED) is 0.677. The van der Waals surface area contributed by atoms with E-state index in [4.69, 9.17) is 10.00 Å². The Hall–Kier alpha value is -1.63. The first-order valence-corrected chi connectivity index (χ1v) is 4.30. The van der Waals surface area contributed by atoms with Crippen molar-refractivity contribution in [3.8, 4) is 11.9 Å². The van der Waals surface area contributed by atoms with Crippen LogP contribution in [0.1, 0.15) is 32.0 Å². The van der Waals surface area contributed by atoms with E-state index >= 15 is 0 Å². The molecule has 74 valence electrons. The highest BCUT2D eigenvalue weighted by Crippen LogP contribution is 2.27. The molecule has 0 radical (unpaired) electrons. The maximum Gasteiger partial charge on any atom is 0.234 e. The third-order valence-corrected chi connectivity index (χ3v) is 1.83. The number of aromatic nitrogens is 2. The Bertz CT molecular complexity index is 374. The molecular formula is C10H13N3O. The van der Waals surface area contributed by atoms with E-state index in [1.165, 1.54) is 13.4 Å². The van der Waals surface area contributed by atoms with E-state index in [0.717, 1.165) is 0 Å². The molecule has 4 heteroatoms. The second kappa shape index (κ2) is 3.62. The van der Waals surface area contributed by atoms with E-state index in [1.54, 1.807) is 0 Å². The van der Waals surface area contributed by atoms with Gasteiger partial charge in [0.2, 0.25) is 5.88 Å². The highest BCUT2D eigenvalue weighted by atomic mass is 16.5. The second-order valence-corrected chi connectivity index (χ2v) is 3.97. The van der Waals surface area contributed by atoms with Gasteiger partial charge in [0.25, 0.3) is 0 Å². The Balaban J connectivity index is 3.39. The summed E-state index contributed by atoms with van der Waals surface area (Å²) in [5.41, 5.74) is 0.954. The van der Waals surface area contributed by atoms with Crippen molar-refractivity contribution in [1.29, 1.82) is 5.26 Å². The summed E-state index contributed by atoms with van der Waals surface area (Å²) in [5, 5.41) is 8.98. The summed E-state index contributed by atoms with van der Waals surface area (Å²) in [6, 6.07) is 2.07. The van der Waals surface area contributed by atoms with Crippen LogP contribution in [0.4, 0.5) is 0 Å².